The standard InChI is InChI=1S/C20H24N4O4.ClH/c1-2-3-12-4-9-16(28-11-17(21)25)15(10-12)18(20(26)27)24-14-7-5-13(6-8-14)19(22)23;/h4-10,18,24H,2-3,11H2,1H3,(H2,21,25)(H3,22,23)(H,26,27);1H. The minimum Gasteiger partial charge on any atom is -0.483 e. The number of carbonyl (C=O) groups is 2. The van der Waals surface area contributed by atoms with Gasteiger partial charge in [0.15, 0.2) is 12.6 Å². The van der Waals surface area contributed by atoms with E-state index in [-0.39, 0.29) is 30.6 Å². The van der Waals surface area contributed by atoms with Crippen LogP contribution in [0.5, 0.6) is 5.75 Å². The van der Waals surface area contributed by atoms with Crippen LogP contribution in [0.1, 0.15) is 36.1 Å². The summed E-state index contributed by atoms with van der Waals surface area (Å²) in [6, 6.07) is 10.7. The summed E-state index contributed by atoms with van der Waals surface area (Å²) in [7, 11) is 0. The van der Waals surface area contributed by atoms with Gasteiger partial charge in [0.25, 0.3) is 5.91 Å². The van der Waals surface area contributed by atoms with Gasteiger partial charge in [-0.2, -0.15) is 0 Å². The van der Waals surface area contributed by atoms with Gasteiger partial charge in [0.2, 0.25) is 0 Å². The second kappa shape index (κ2) is 10.9. The Kier molecular flexibility index (Phi) is 8.95. The first-order chi connectivity index (χ1) is 13.3. The van der Waals surface area contributed by atoms with Crippen molar-refractivity contribution in [2.24, 2.45) is 11.5 Å². The van der Waals surface area contributed by atoms with E-state index >= 15 is 0 Å². The highest BCUT2D eigenvalue weighted by atomic mass is 35.5. The molecule has 8 nitrogen and oxygen atoms in total. The number of nitrogens with two attached hydrogens (primary N) is 2. The fourth-order valence-electron chi connectivity index (χ4n) is 2.73. The number of halogens is 1. The van der Waals surface area contributed by atoms with Crippen molar-refractivity contribution < 1.29 is 19.4 Å². The zero-order valence-electron chi connectivity index (χ0n) is 16.0. The van der Waals surface area contributed by atoms with Crippen molar-refractivity contribution in [2.75, 3.05) is 11.9 Å². The molecule has 0 heterocycles. The maximum atomic E-state index is 12.0. The van der Waals surface area contributed by atoms with E-state index in [2.05, 4.69) is 5.32 Å². The van der Waals surface area contributed by atoms with Crippen molar-refractivity contribution in [3.05, 3.63) is 59.2 Å². The Labute approximate surface area is 175 Å². The summed E-state index contributed by atoms with van der Waals surface area (Å²) in [5.41, 5.74) is 13.0. The predicted octanol–water partition coefficient (Wildman–Crippen LogP) is 2.45. The zero-order chi connectivity index (χ0) is 20.7. The number of primary amides is 1. The number of hydrogen-bond donors (Lipinski definition) is 5. The third kappa shape index (κ3) is 6.69. The van der Waals surface area contributed by atoms with Crippen molar-refractivity contribution in [1.82, 2.24) is 0 Å². The molecule has 2 rings (SSSR count). The largest absolute Gasteiger partial charge is 0.483 e. The quantitative estimate of drug-likeness (QED) is 0.294. The Bertz CT molecular complexity index is 871. The van der Waals surface area contributed by atoms with Gasteiger partial charge in [0.05, 0.1) is 0 Å². The molecule has 1 atom stereocenters. The average molecular weight is 421 g/mol. The summed E-state index contributed by atoms with van der Waals surface area (Å²) in [6.07, 6.45) is 1.68. The first kappa shape index (κ1) is 23.8. The van der Waals surface area contributed by atoms with E-state index in [0.29, 0.717) is 16.8 Å². The van der Waals surface area contributed by atoms with Crippen molar-refractivity contribution in [3.63, 3.8) is 0 Å². The topological polar surface area (TPSA) is 152 Å². The SMILES string of the molecule is CCCc1ccc(OCC(N)=O)c(C(Nc2ccc(C(=N)N)cc2)C(=O)O)c1.Cl. The number of amides is 1. The van der Waals surface area contributed by atoms with Crippen molar-refractivity contribution >= 4 is 35.8 Å². The molecule has 1 unspecified atom stereocenters. The maximum Gasteiger partial charge on any atom is 0.330 e. The number of ether oxygens (including phenoxy) is 1. The van der Waals surface area contributed by atoms with Gasteiger partial charge in [-0.3, -0.25) is 10.2 Å². The summed E-state index contributed by atoms with van der Waals surface area (Å²) < 4.78 is 5.43. The normalized spacial score (nSPS) is 11.1. The van der Waals surface area contributed by atoms with Crippen LogP contribution in [0.3, 0.4) is 0 Å². The molecular weight excluding hydrogens is 396 g/mol. The molecule has 29 heavy (non-hydrogen) atoms. The van der Waals surface area contributed by atoms with Gasteiger partial charge in [-0.15, -0.1) is 12.4 Å². The fourth-order valence-corrected chi connectivity index (χ4v) is 2.73. The minimum absolute atomic E-state index is 0. The number of benzene rings is 2. The van der Waals surface area contributed by atoms with Crippen LogP contribution in [0.15, 0.2) is 42.5 Å². The lowest BCUT2D eigenvalue weighted by atomic mass is 10.00. The Morgan fingerprint density at radius 2 is 1.83 bits per heavy atom. The van der Waals surface area contributed by atoms with Crippen LogP contribution in [0.4, 0.5) is 5.69 Å². The highest BCUT2D eigenvalue weighted by Crippen LogP contribution is 2.30. The molecule has 7 N–H and O–H groups in total. The summed E-state index contributed by atoms with van der Waals surface area (Å²) in [4.78, 5) is 23.0. The van der Waals surface area contributed by atoms with Gasteiger partial charge in [-0.25, -0.2) is 4.79 Å². The van der Waals surface area contributed by atoms with Gasteiger partial charge < -0.3 is 26.6 Å². The smallest absolute Gasteiger partial charge is 0.330 e. The molecule has 0 saturated carbocycles. The number of aryl methyl sites for hydroxylation is 1. The van der Waals surface area contributed by atoms with Crippen LogP contribution in [0, 0.1) is 5.41 Å². The first-order valence-corrected chi connectivity index (χ1v) is 8.79. The van der Waals surface area contributed by atoms with Crippen molar-refractivity contribution in [1.29, 1.82) is 5.41 Å². The molecular formula is C20H25ClN4O4. The lowest BCUT2D eigenvalue weighted by Gasteiger charge is -2.20. The molecule has 156 valence electrons. The third-order valence-corrected chi connectivity index (χ3v) is 4.05. The number of carbonyl (C=O) groups excluding carboxylic acids is 1. The van der Waals surface area contributed by atoms with E-state index in [9.17, 15) is 14.7 Å². The Morgan fingerprint density at radius 1 is 1.17 bits per heavy atom. The molecule has 0 aromatic heterocycles. The molecule has 0 aliphatic carbocycles. The Balaban J connectivity index is 0.00000420. The van der Waals surface area contributed by atoms with Crippen LogP contribution in [0.2, 0.25) is 0 Å². The average Bonchev–Trinajstić information content (AvgIpc) is 2.65. The Morgan fingerprint density at radius 3 is 2.34 bits per heavy atom. The molecule has 0 bridgehead atoms. The summed E-state index contributed by atoms with van der Waals surface area (Å²) in [5, 5.41) is 20.2. The number of nitrogens with one attached hydrogen (secondary N) is 2. The van der Waals surface area contributed by atoms with E-state index in [1.54, 1.807) is 36.4 Å². The van der Waals surface area contributed by atoms with E-state index in [1.165, 1.54) is 0 Å². The number of carboxylic acids is 1. The number of carboxylic acid groups (broad SMARTS) is 1. The van der Waals surface area contributed by atoms with Crippen LogP contribution < -0.4 is 21.5 Å². The summed E-state index contributed by atoms with van der Waals surface area (Å²) in [6.45, 7) is 1.68. The highest BCUT2D eigenvalue weighted by Gasteiger charge is 2.24. The number of aliphatic carboxylic acids is 1. The molecule has 2 aromatic rings. The highest BCUT2D eigenvalue weighted by molar-refractivity contribution is 5.95. The number of anilines is 1. The summed E-state index contributed by atoms with van der Waals surface area (Å²) in [5.74, 6) is -1.55. The molecule has 9 heteroatoms. The van der Waals surface area contributed by atoms with Crippen LogP contribution in [-0.2, 0) is 16.0 Å². The first-order valence-electron chi connectivity index (χ1n) is 8.79. The number of hydrogen-bond acceptors (Lipinski definition) is 5. The number of amidine groups is 1. The molecule has 0 fully saturated rings. The third-order valence-electron chi connectivity index (χ3n) is 4.05. The molecule has 0 saturated heterocycles. The van der Waals surface area contributed by atoms with Gasteiger partial charge >= 0.3 is 5.97 Å². The molecule has 2 aromatic carbocycles. The summed E-state index contributed by atoms with van der Waals surface area (Å²) >= 11 is 0. The van der Waals surface area contributed by atoms with Gasteiger partial charge in [-0.05, 0) is 48.4 Å². The van der Waals surface area contributed by atoms with Crippen LogP contribution in [-0.4, -0.2) is 29.4 Å². The molecule has 0 aliphatic rings. The fraction of sp³-hybridized carbons (Fsp3) is 0.250. The van der Waals surface area contributed by atoms with Gasteiger partial charge in [0.1, 0.15) is 11.6 Å². The lowest BCUT2D eigenvalue weighted by Crippen LogP contribution is -2.24. The zero-order valence-corrected chi connectivity index (χ0v) is 16.8. The molecule has 0 spiro atoms. The number of nitrogen functional groups attached to an aromatic ring is 1. The number of rotatable bonds is 10. The molecule has 0 radical (unpaired) electrons. The van der Waals surface area contributed by atoms with Gasteiger partial charge in [0, 0.05) is 16.8 Å². The van der Waals surface area contributed by atoms with Crippen molar-refractivity contribution in [3.8, 4) is 5.75 Å². The maximum absolute atomic E-state index is 12.0. The van der Waals surface area contributed by atoms with E-state index < -0.39 is 17.9 Å². The lowest BCUT2D eigenvalue weighted by molar-refractivity contribution is -0.138. The van der Waals surface area contributed by atoms with Crippen LogP contribution in [0.25, 0.3) is 0 Å². The monoisotopic (exact) mass is 420 g/mol. The minimum atomic E-state index is -1.11. The second-order valence-electron chi connectivity index (χ2n) is 6.28. The van der Waals surface area contributed by atoms with Gasteiger partial charge in [-0.1, -0.05) is 19.4 Å². The van der Waals surface area contributed by atoms with E-state index in [4.69, 9.17) is 21.6 Å². The predicted molar refractivity (Wildman–Crippen MR) is 114 cm³/mol. The Hall–Kier alpha value is -3.26. The molecule has 1 amide bonds. The van der Waals surface area contributed by atoms with Crippen LogP contribution >= 0.6 is 12.4 Å². The molecule has 0 aliphatic heterocycles. The van der Waals surface area contributed by atoms with E-state index in [0.717, 1.165) is 18.4 Å². The van der Waals surface area contributed by atoms with E-state index in [1.807, 2.05) is 13.0 Å². The van der Waals surface area contributed by atoms with Crippen molar-refractivity contribution in [2.45, 2.75) is 25.8 Å². The second-order valence-corrected chi connectivity index (χ2v) is 6.28.